The molecule has 8 nitrogen and oxygen atoms in total. The maximum Gasteiger partial charge on any atom is 0.265 e. The quantitative estimate of drug-likeness (QED) is 0.773. The molecular weight excluding hydrogens is 394 g/mol. The summed E-state index contributed by atoms with van der Waals surface area (Å²) >= 11 is 0. The first-order chi connectivity index (χ1) is 13.9. The van der Waals surface area contributed by atoms with Gasteiger partial charge >= 0.3 is 0 Å². The lowest BCUT2D eigenvalue weighted by Gasteiger charge is -2.26. The average Bonchev–Trinajstić information content (AvgIpc) is 2.75. The van der Waals surface area contributed by atoms with Crippen molar-refractivity contribution in [2.45, 2.75) is 17.9 Å². The van der Waals surface area contributed by atoms with Gasteiger partial charge in [0.05, 0.1) is 29.7 Å². The summed E-state index contributed by atoms with van der Waals surface area (Å²) in [5.74, 6) is 0.0329. The first kappa shape index (κ1) is 20.8. The number of amides is 1. The van der Waals surface area contributed by atoms with Crippen LogP contribution in [0.1, 0.15) is 12.5 Å². The van der Waals surface area contributed by atoms with Crippen molar-refractivity contribution < 1.29 is 22.7 Å². The molecule has 2 aromatic rings. The van der Waals surface area contributed by atoms with E-state index in [1.54, 1.807) is 43.3 Å². The van der Waals surface area contributed by atoms with Gasteiger partial charge in [0.15, 0.2) is 6.10 Å². The summed E-state index contributed by atoms with van der Waals surface area (Å²) in [6.07, 6.45) is -0.817. The number of morpholine rings is 1. The number of anilines is 1. The van der Waals surface area contributed by atoms with E-state index in [9.17, 15) is 13.2 Å². The van der Waals surface area contributed by atoms with Crippen molar-refractivity contribution in [3.8, 4) is 11.8 Å². The van der Waals surface area contributed by atoms with Crippen molar-refractivity contribution in [2.75, 3.05) is 31.6 Å². The standard InChI is InChI=1S/C20H21N3O5S/c1-15(28-18-7-5-16(14-21)6-8-18)20(24)22-17-3-2-4-19(13-17)29(25,26)23-9-11-27-12-10-23/h2-8,13,15H,9-12H2,1H3,(H,22,24)/t15-/m0/s1. The van der Waals surface area contributed by atoms with E-state index in [2.05, 4.69) is 5.32 Å². The molecule has 29 heavy (non-hydrogen) atoms. The first-order valence-corrected chi connectivity index (χ1v) is 10.5. The second-order valence-electron chi connectivity index (χ2n) is 6.43. The first-order valence-electron chi connectivity index (χ1n) is 9.06. The van der Waals surface area contributed by atoms with Gasteiger partial charge in [-0.3, -0.25) is 4.79 Å². The van der Waals surface area contributed by atoms with Gasteiger partial charge in [0.2, 0.25) is 10.0 Å². The molecule has 1 aliphatic rings. The number of nitriles is 1. The lowest BCUT2D eigenvalue weighted by Crippen LogP contribution is -2.40. The SMILES string of the molecule is C[C@H](Oc1ccc(C#N)cc1)C(=O)Nc1cccc(S(=O)(=O)N2CCOCC2)c1. The summed E-state index contributed by atoms with van der Waals surface area (Å²) in [4.78, 5) is 12.5. The monoisotopic (exact) mass is 415 g/mol. The Balaban J connectivity index is 1.67. The summed E-state index contributed by atoms with van der Waals surface area (Å²) in [7, 11) is -3.65. The van der Waals surface area contributed by atoms with Crippen LogP contribution in [0, 0.1) is 11.3 Å². The molecule has 1 aliphatic heterocycles. The smallest absolute Gasteiger partial charge is 0.265 e. The van der Waals surface area contributed by atoms with Gasteiger partial charge in [-0.25, -0.2) is 8.42 Å². The third-order valence-corrected chi connectivity index (χ3v) is 6.27. The average molecular weight is 415 g/mol. The number of carbonyl (C=O) groups is 1. The second-order valence-corrected chi connectivity index (χ2v) is 8.37. The van der Waals surface area contributed by atoms with Crippen LogP contribution in [0.4, 0.5) is 5.69 Å². The van der Waals surface area contributed by atoms with E-state index in [1.807, 2.05) is 6.07 Å². The number of carbonyl (C=O) groups excluding carboxylic acids is 1. The Hall–Kier alpha value is -2.93. The molecule has 0 unspecified atom stereocenters. The molecule has 0 aliphatic carbocycles. The maximum atomic E-state index is 12.8. The van der Waals surface area contributed by atoms with Crippen LogP contribution in [0.15, 0.2) is 53.4 Å². The zero-order valence-corrected chi connectivity index (χ0v) is 16.7. The van der Waals surface area contributed by atoms with Crippen molar-refractivity contribution in [3.63, 3.8) is 0 Å². The molecule has 1 N–H and O–H groups in total. The Morgan fingerprint density at radius 2 is 1.90 bits per heavy atom. The highest BCUT2D eigenvalue weighted by atomic mass is 32.2. The molecule has 0 radical (unpaired) electrons. The Labute approximate surface area is 169 Å². The fourth-order valence-electron chi connectivity index (χ4n) is 2.78. The fraction of sp³-hybridized carbons (Fsp3) is 0.300. The predicted octanol–water partition coefficient (Wildman–Crippen LogP) is 1.99. The summed E-state index contributed by atoms with van der Waals surface area (Å²) in [5, 5.41) is 11.5. The van der Waals surface area contributed by atoms with Crippen LogP contribution in [0.25, 0.3) is 0 Å². The Kier molecular flexibility index (Phi) is 6.49. The second kappa shape index (κ2) is 9.05. The number of rotatable bonds is 6. The van der Waals surface area contributed by atoms with Crippen LogP contribution >= 0.6 is 0 Å². The number of hydrogen-bond donors (Lipinski definition) is 1. The Morgan fingerprint density at radius 1 is 1.21 bits per heavy atom. The number of sulfonamides is 1. The molecule has 1 atom stereocenters. The summed E-state index contributed by atoms with van der Waals surface area (Å²) in [6.45, 7) is 2.91. The van der Waals surface area contributed by atoms with Gasteiger partial charge in [-0.1, -0.05) is 6.07 Å². The lowest BCUT2D eigenvalue weighted by molar-refractivity contribution is -0.122. The molecule has 1 amide bonds. The third kappa shape index (κ3) is 5.12. The van der Waals surface area contributed by atoms with Gasteiger partial charge in [-0.05, 0) is 49.4 Å². The van der Waals surface area contributed by atoms with Crippen molar-refractivity contribution in [1.29, 1.82) is 5.26 Å². The van der Waals surface area contributed by atoms with Crippen LogP contribution in [-0.2, 0) is 19.6 Å². The van der Waals surface area contributed by atoms with E-state index < -0.39 is 22.0 Å². The van der Waals surface area contributed by atoms with E-state index in [0.717, 1.165) is 0 Å². The fourth-order valence-corrected chi connectivity index (χ4v) is 4.23. The largest absolute Gasteiger partial charge is 0.481 e. The van der Waals surface area contributed by atoms with E-state index in [0.29, 0.717) is 43.3 Å². The van der Waals surface area contributed by atoms with Crippen molar-refractivity contribution in [2.24, 2.45) is 0 Å². The highest BCUT2D eigenvalue weighted by Gasteiger charge is 2.26. The summed E-state index contributed by atoms with van der Waals surface area (Å²) in [5.41, 5.74) is 0.854. The van der Waals surface area contributed by atoms with Crippen LogP contribution in [-0.4, -0.2) is 51.0 Å². The molecular formula is C20H21N3O5S. The van der Waals surface area contributed by atoms with Crippen LogP contribution in [0.2, 0.25) is 0 Å². The van der Waals surface area contributed by atoms with Gasteiger partial charge in [-0.2, -0.15) is 9.57 Å². The predicted molar refractivity (Wildman–Crippen MR) is 106 cm³/mol. The molecule has 0 saturated carbocycles. The van der Waals surface area contributed by atoms with Crippen molar-refractivity contribution in [1.82, 2.24) is 4.31 Å². The lowest BCUT2D eigenvalue weighted by atomic mass is 10.2. The molecule has 1 fully saturated rings. The highest BCUT2D eigenvalue weighted by Crippen LogP contribution is 2.21. The number of benzene rings is 2. The van der Waals surface area contributed by atoms with Crippen LogP contribution in [0.3, 0.4) is 0 Å². The summed E-state index contributed by atoms with van der Waals surface area (Å²) < 4.78 is 37.7. The Morgan fingerprint density at radius 3 is 2.55 bits per heavy atom. The molecule has 3 rings (SSSR count). The minimum Gasteiger partial charge on any atom is -0.481 e. The zero-order valence-electron chi connectivity index (χ0n) is 15.9. The molecule has 0 bridgehead atoms. The van der Waals surface area contributed by atoms with E-state index in [-0.39, 0.29) is 4.90 Å². The van der Waals surface area contributed by atoms with Gasteiger partial charge in [0.25, 0.3) is 5.91 Å². The number of ether oxygens (including phenoxy) is 2. The van der Waals surface area contributed by atoms with Gasteiger partial charge in [0.1, 0.15) is 5.75 Å². The van der Waals surface area contributed by atoms with Crippen LogP contribution in [0.5, 0.6) is 5.75 Å². The molecule has 0 aromatic heterocycles. The Bertz CT molecular complexity index is 1010. The number of nitrogens with zero attached hydrogens (tertiary/aromatic N) is 2. The van der Waals surface area contributed by atoms with Crippen molar-refractivity contribution in [3.05, 3.63) is 54.1 Å². The van der Waals surface area contributed by atoms with E-state index in [4.69, 9.17) is 14.7 Å². The van der Waals surface area contributed by atoms with E-state index in [1.165, 1.54) is 16.4 Å². The van der Waals surface area contributed by atoms with Crippen LogP contribution < -0.4 is 10.1 Å². The highest BCUT2D eigenvalue weighted by molar-refractivity contribution is 7.89. The maximum absolute atomic E-state index is 12.8. The third-order valence-electron chi connectivity index (χ3n) is 4.37. The minimum atomic E-state index is -3.65. The van der Waals surface area contributed by atoms with Crippen molar-refractivity contribution >= 4 is 21.6 Å². The van der Waals surface area contributed by atoms with E-state index >= 15 is 0 Å². The normalized spacial score (nSPS) is 15.9. The molecule has 1 heterocycles. The minimum absolute atomic E-state index is 0.109. The van der Waals surface area contributed by atoms with Gasteiger partial charge < -0.3 is 14.8 Å². The molecule has 0 spiro atoms. The molecule has 152 valence electrons. The van der Waals surface area contributed by atoms with Gasteiger partial charge in [0, 0.05) is 18.8 Å². The van der Waals surface area contributed by atoms with Gasteiger partial charge in [-0.15, -0.1) is 0 Å². The number of hydrogen-bond acceptors (Lipinski definition) is 6. The zero-order chi connectivity index (χ0) is 20.9. The number of nitrogens with one attached hydrogen (secondary N) is 1. The molecule has 9 heteroatoms. The molecule has 2 aromatic carbocycles. The topological polar surface area (TPSA) is 109 Å². The summed E-state index contributed by atoms with van der Waals surface area (Å²) in [6, 6.07) is 14.5. The molecule has 1 saturated heterocycles.